The summed E-state index contributed by atoms with van der Waals surface area (Å²) in [6, 6.07) is 3.49. The molecule has 1 heterocycles. The average molecular weight is 300 g/mol. The summed E-state index contributed by atoms with van der Waals surface area (Å²) in [5, 5.41) is 2.78. The Morgan fingerprint density at radius 2 is 1.71 bits per heavy atom. The van der Waals surface area contributed by atoms with E-state index in [1.54, 1.807) is 12.1 Å². The van der Waals surface area contributed by atoms with Gasteiger partial charge in [0, 0.05) is 16.6 Å². The maximum absolute atomic E-state index is 13.7. The van der Waals surface area contributed by atoms with Crippen molar-refractivity contribution < 1.29 is 13.5 Å². The van der Waals surface area contributed by atoms with Crippen molar-refractivity contribution in [1.29, 1.82) is 0 Å². The second-order valence-corrected chi connectivity index (χ2v) is 7.38. The molecular formula is C16H26F2N2O. The molecular weight excluding hydrogens is 274 g/mol. The fraction of sp³-hybridized carbons (Fsp3) is 0.688. The number of nitrogens with one attached hydrogen (secondary N) is 1. The molecule has 0 saturated heterocycles. The number of hydrogen-bond donors (Lipinski definition) is 1. The van der Waals surface area contributed by atoms with Gasteiger partial charge in [0.1, 0.15) is 5.75 Å². The van der Waals surface area contributed by atoms with Crippen molar-refractivity contribution in [2.24, 2.45) is 0 Å². The van der Waals surface area contributed by atoms with Gasteiger partial charge in [-0.25, -0.2) is 8.78 Å². The Morgan fingerprint density at radius 3 is 2.14 bits per heavy atom. The van der Waals surface area contributed by atoms with Crippen LogP contribution in [-0.2, 0) is 5.41 Å². The first-order valence-electron chi connectivity index (χ1n) is 7.11. The topological polar surface area (TPSA) is 34.1 Å². The van der Waals surface area contributed by atoms with Crippen molar-refractivity contribution in [2.45, 2.75) is 58.4 Å². The van der Waals surface area contributed by atoms with Crippen LogP contribution in [0.5, 0.6) is 5.75 Å². The second-order valence-electron chi connectivity index (χ2n) is 7.38. The van der Waals surface area contributed by atoms with Crippen LogP contribution in [0.25, 0.3) is 0 Å². The zero-order valence-corrected chi connectivity index (χ0v) is 13.8. The highest BCUT2D eigenvalue weighted by molar-refractivity contribution is 5.23. The molecule has 0 bridgehead atoms. The zero-order chi connectivity index (χ0) is 16.3. The molecule has 0 aliphatic heterocycles. The van der Waals surface area contributed by atoms with Gasteiger partial charge in [0.2, 0.25) is 0 Å². The first kappa shape index (κ1) is 17.8. The molecule has 3 nitrogen and oxygen atoms in total. The lowest BCUT2D eigenvalue weighted by Gasteiger charge is -2.25. The quantitative estimate of drug-likeness (QED) is 0.898. The minimum absolute atomic E-state index is 0.0703. The lowest BCUT2D eigenvalue weighted by atomic mass is 9.92. The number of alkyl halides is 2. The molecule has 0 unspecified atom stereocenters. The highest BCUT2D eigenvalue weighted by atomic mass is 19.3. The Balaban J connectivity index is 2.54. The maximum Gasteiger partial charge on any atom is 0.293 e. The van der Waals surface area contributed by atoms with Crippen molar-refractivity contribution in [2.75, 3.05) is 13.2 Å². The molecule has 1 aromatic heterocycles. The van der Waals surface area contributed by atoms with E-state index in [1.165, 1.54) is 6.20 Å². The average Bonchev–Trinajstić information content (AvgIpc) is 2.33. The van der Waals surface area contributed by atoms with Gasteiger partial charge in [0.15, 0.2) is 6.61 Å². The Hall–Kier alpha value is -1.23. The molecule has 0 saturated carbocycles. The Kier molecular flexibility index (Phi) is 5.31. The van der Waals surface area contributed by atoms with E-state index < -0.39 is 19.1 Å². The number of pyridine rings is 1. The van der Waals surface area contributed by atoms with E-state index in [0.717, 1.165) is 5.69 Å². The number of halogens is 2. The van der Waals surface area contributed by atoms with Gasteiger partial charge in [0.25, 0.3) is 5.92 Å². The second kappa shape index (κ2) is 6.26. The number of nitrogens with zero attached hydrogens (tertiary/aromatic N) is 1. The molecule has 0 radical (unpaired) electrons. The lowest BCUT2D eigenvalue weighted by Crippen LogP contribution is -2.46. The zero-order valence-electron chi connectivity index (χ0n) is 13.8. The highest BCUT2D eigenvalue weighted by Gasteiger charge is 2.31. The number of hydrogen-bond acceptors (Lipinski definition) is 3. The molecule has 21 heavy (non-hydrogen) atoms. The minimum Gasteiger partial charge on any atom is -0.486 e. The first-order valence-corrected chi connectivity index (χ1v) is 7.11. The van der Waals surface area contributed by atoms with E-state index >= 15 is 0 Å². The third kappa shape index (κ3) is 6.85. The van der Waals surface area contributed by atoms with Crippen LogP contribution in [0.15, 0.2) is 18.3 Å². The largest absolute Gasteiger partial charge is 0.486 e. The van der Waals surface area contributed by atoms with Crippen molar-refractivity contribution in [3.05, 3.63) is 24.0 Å². The molecule has 1 aromatic rings. The van der Waals surface area contributed by atoms with Gasteiger partial charge >= 0.3 is 0 Å². The van der Waals surface area contributed by atoms with E-state index in [4.69, 9.17) is 4.74 Å². The van der Waals surface area contributed by atoms with Crippen LogP contribution in [0.4, 0.5) is 8.78 Å². The molecule has 0 aromatic carbocycles. The Bertz CT molecular complexity index is 445. The standard InChI is InChI=1S/C16H26F2N2O/c1-14(2,3)13-8-7-12(9-19-13)21-11-16(17,18)10-20-15(4,5)6/h7-9,20H,10-11H2,1-6H3. The summed E-state index contributed by atoms with van der Waals surface area (Å²) >= 11 is 0. The molecule has 0 spiro atoms. The highest BCUT2D eigenvalue weighted by Crippen LogP contribution is 2.22. The summed E-state index contributed by atoms with van der Waals surface area (Å²) in [7, 11) is 0. The summed E-state index contributed by atoms with van der Waals surface area (Å²) in [4.78, 5) is 4.25. The third-order valence-electron chi connectivity index (χ3n) is 2.83. The van der Waals surface area contributed by atoms with Gasteiger partial charge < -0.3 is 10.1 Å². The van der Waals surface area contributed by atoms with Gasteiger partial charge in [-0.3, -0.25) is 4.98 Å². The van der Waals surface area contributed by atoms with Crippen molar-refractivity contribution in [3.8, 4) is 5.75 Å². The molecule has 5 heteroatoms. The van der Waals surface area contributed by atoms with E-state index in [9.17, 15) is 8.78 Å². The first-order chi connectivity index (χ1) is 9.39. The molecule has 0 aliphatic carbocycles. The summed E-state index contributed by atoms with van der Waals surface area (Å²) in [5.41, 5.74) is 0.481. The Labute approximate surface area is 126 Å². The van der Waals surface area contributed by atoms with Gasteiger partial charge in [-0.05, 0) is 32.9 Å². The van der Waals surface area contributed by atoms with Crippen LogP contribution < -0.4 is 10.1 Å². The maximum atomic E-state index is 13.7. The number of rotatable bonds is 5. The van der Waals surface area contributed by atoms with E-state index in [1.807, 2.05) is 41.5 Å². The van der Waals surface area contributed by atoms with Crippen molar-refractivity contribution in [1.82, 2.24) is 10.3 Å². The van der Waals surface area contributed by atoms with Gasteiger partial charge in [0.05, 0.1) is 12.7 Å². The summed E-state index contributed by atoms with van der Waals surface area (Å²) < 4.78 is 32.6. The Morgan fingerprint density at radius 1 is 1.10 bits per heavy atom. The normalized spacial score (nSPS) is 13.3. The van der Waals surface area contributed by atoms with Crippen molar-refractivity contribution in [3.63, 3.8) is 0 Å². The van der Waals surface area contributed by atoms with E-state index in [-0.39, 0.29) is 11.0 Å². The molecule has 0 aliphatic rings. The van der Waals surface area contributed by atoms with Crippen LogP contribution in [0.3, 0.4) is 0 Å². The summed E-state index contributed by atoms with van der Waals surface area (Å²) in [5.74, 6) is -2.56. The van der Waals surface area contributed by atoms with Gasteiger partial charge in [-0.1, -0.05) is 20.8 Å². The smallest absolute Gasteiger partial charge is 0.293 e. The van der Waals surface area contributed by atoms with Crippen LogP contribution in [0.1, 0.15) is 47.2 Å². The molecule has 0 fully saturated rings. The van der Waals surface area contributed by atoms with Gasteiger partial charge in [-0.2, -0.15) is 0 Å². The van der Waals surface area contributed by atoms with Crippen LogP contribution in [0.2, 0.25) is 0 Å². The van der Waals surface area contributed by atoms with Crippen LogP contribution in [-0.4, -0.2) is 29.6 Å². The minimum atomic E-state index is -2.92. The molecule has 1 N–H and O–H groups in total. The summed E-state index contributed by atoms with van der Waals surface area (Å²) in [6.45, 7) is 10.6. The number of ether oxygens (including phenoxy) is 1. The fourth-order valence-electron chi connectivity index (χ4n) is 1.54. The summed E-state index contributed by atoms with van der Waals surface area (Å²) in [6.07, 6.45) is 1.49. The molecule has 0 atom stereocenters. The van der Waals surface area contributed by atoms with Crippen molar-refractivity contribution >= 4 is 0 Å². The van der Waals surface area contributed by atoms with E-state index in [0.29, 0.717) is 5.75 Å². The van der Waals surface area contributed by atoms with Crippen LogP contribution in [0, 0.1) is 0 Å². The molecule has 120 valence electrons. The fourth-order valence-corrected chi connectivity index (χ4v) is 1.54. The SMILES string of the molecule is CC(C)(C)NCC(F)(F)COc1ccc(C(C)(C)C)nc1. The molecule has 1 rings (SSSR count). The number of aromatic nitrogens is 1. The predicted octanol–water partition coefficient (Wildman–Crippen LogP) is 3.78. The monoisotopic (exact) mass is 300 g/mol. The van der Waals surface area contributed by atoms with E-state index in [2.05, 4.69) is 10.3 Å². The lowest BCUT2D eigenvalue weighted by molar-refractivity contribution is -0.0429. The molecule has 0 amide bonds. The third-order valence-corrected chi connectivity index (χ3v) is 2.83. The van der Waals surface area contributed by atoms with Gasteiger partial charge in [-0.15, -0.1) is 0 Å². The predicted molar refractivity (Wildman–Crippen MR) is 81.1 cm³/mol. The van der Waals surface area contributed by atoms with Crippen LogP contribution >= 0.6 is 0 Å².